The molecule has 6 nitrogen and oxygen atoms in total. The molecule has 0 bridgehead atoms. The number of aromatic carboxylic acids is 1. The van der Waals surface area contributed by atoms with Gasteiger partial charge in [-0.05, 0) is 41.1 Å². The van der Waals surface area contributed by atoms with E-state index in [1.54, 1.807) is 19.2 Å². The second-order valence-electron chi connectivity index (χ2n) is 4.16. The summed E-state index contributed by atoms with van der Waals surface area (Å²) < 4.78 is 10.6. The summed E-state index contributed by atoms with van der Waals surface area (Å²) >= 11 is 3.13. The third-order valence-corrected chi connectivity index (χ3v) is 3.05. The molecule has 0 saturated carbocycles. The number of halogens is 1. The molecule has 2 N–H and O–H groups in total. The summed E-state index contributed by atoms with van der Waals surface area (Å²) in [6, 6.07) is 4.39. The van der Waals surface area contributed by atoms with Gasteiger partial charge in [-0.15, -0.1) is 0 Å². The van der Waals surface area contributed by atoms with Crippen molar-refractivity contribution in [1.29, 1.82) is 0 Å². The standard InChI is InChI=1S/C13H16BrNO5/c1-8(6-19-2)15-12(16)7-20-9-3-4-11(14)10(5-9)13(17)18/h3-5,8H,6-7H2,1-2H3,(H,15,16)(H,17,18). The molecular formula is C13H16BrNO5. The largest absolute Gasteiger partial charge is 0.484 e. The van der Waals surface area contributed by atoms with Gasteiger partial charge in [-0.2, -0.15) is 0 Å². The van der Waals surface area contributed by atoms with Crippen LogP contribution in [-0.2, 0) is 9.53 Å². The number of methoxy groups -OCH3 is 1. The van der Waals surface area contributed by atoms with E-state index in [0.717, 1.165) is 0 Å². The monoisotopic (exact) mass is 345 g/mol. The Balaban J connectivity index is 2.55. The zero-order valence-corrected chi connectivity index (χ0v) is 12.8. The molecule has 0 heterocycles. The molecule has 7 heteroatoms. The molecule has 0 saturated heterocycles. The van der Waals surface area contributed by atoms with Crippen LogP contribution in [0.3, 0.4) is 0 Å². The molecule has 0 aliphatic rings. The maximum Gasteiger partial charge on any atom is 0.336 e. The Labute approximate surface area is 125 Å². The van der Waals surface area contributed by atoms with Crippen LogP contribution in [0, 0.1) is 0 Å². The number of hydrogen-bond donors (Lipinski definition) is 2. The summed E-state index contributed by atoms with van der Waals surface area (Å²) in [5.74, 6) is -1.05. The van der Waals surface area contributed by atoms with E-state index < -0.39 is 5.97 Å². The molecule has 20 heavy (non-hydrogen) atoms. The van der Waals surface area contributed by atoms with E-state index in [1.807, 2.05) is 6.92 Å². The van der Waals surface area contributed by atoms with Crippen molar-refractivity contribution < 1.29 is 24.2 Å². The van der Waals surface area contributed by atoms with Crippen molar-refractivity contribution in [3.05, 3.63) is 28.2 Å². The van der Waals surface area contributed by atoms with Gasteiger partial charge in [0.2, 0.25) is 0 Å². The van der Waals surface area contributed by atoms with Crippen molar-refractivity contribution >= 4 is 27.8 Å². The lowest BCUT2D eigenvalue weighted by Gasteiger charge is -2.13. The number of carbonyl (C=O) groups is 2. The molecule has 0 fully saturated rings. The van der Waals surface area contributed by atoms with Crippen LogP contribution in [0.4, 0.5) is 0 Å². The lowest BCUT2D eigenvalue weighted by atomic mass is 10.2. The number of hydrogen-bond acceptors (Lipinski definition) is 4. The van der Waals surface area contributed by atoms with E-state index in [1.165, 1.54) is 6.07 Å². The van der Waals surface area contributed by atoms with E-state index in [4.69, 9.17) is 14.6 Å². The van der Waals surface area contributed by atoms with Crippen molar-refractivity contribution in [2.45, 2.75) is 13.0 Å². The van der Waals surface area contributed by atoms with Gasteiger partial charge in [0.05, 0.1) is 12.2 Å². The van der Waals surface area contributed by atoms with Gasteiger partial charge in [-0.3, -0.25) is 4.79 Å². The molecule has 1 aromatic carbocycles. The van der Waals surface area contributed by atoms with Crippen molar-refractivity contribution in [3.8, 4) is 5.75 Å². The van der Waals surface area contributed by atoms with Crippen LogP contribution in [-0.4, -0.2) is 43.3 Å². The quantitative estimate of drug-likeness (QED) is 0.785. The zero-order chi connectivity index (χ0) is 15.1. The smallest absolute Gasteiger partial charge is 0.336 e. The molecule has 0 radical (unpaired) electrons. The number of nitrogens with one attached hydrogen (secondary N) is 1. The van der Waals surface area contributed by atoms with Crippen molar-refractivity contribution in [2.75, 3.05) is 20.3 Å². The molecule has 0 aliphatic heterocycles. The van der Waals surface area contributed by atoms with Gasteiger partial charge in [-0.25, -0.2) is 4.79 Å². The Kier molecular flexibility index (Phi) is 6.47. The topological polar surface area (TPSA) is 84.9 Å². The fraction of sp³-hybridized carbons (Fsp3) is 0.385. The minimum atomic E-state index is -1.07. The fourth-order valence-electron chi connectivity index (χ4n) is 1.52. The van der Waals surface area contributed by atoms with Crippen molar-refractivity contribution in [2.24, 2.45) is 0 Å². The van der Waals surface area contributed by atoms with Crippen LogP contribution in [0.25, 0.3) is 0 Å². The lowest BCUT2D eigenvalue weighted by Crippen LogP contribution is -2.38. The molecule has 1 unspecified atom stereocenters. The number of rotatable bonds is 7. The zero-order valence-electron chi connectivity index (χ0n) is 11.2. The van der Waals surface area contributed by atoms with Gasteiger partial charge in [0.25, 0.3) is 5.91 Å². The van der Waals surface area contributed by atoms with Crippen LogP contribution in [0.2, 0.25) is 0 Å². The third kappa shape index (κ3) is 5.18. The Morgan fingerprint density at radius 2 is 2.15 bits per heavy atom. The van der Waals surface area contributed by atoms with Gasteiger partial charge < -0.3 is 19.9 Å². The molecule has 0 aliphatic carbocycles. The lowest BCUT2D eigenvalue weighted by molar-refractivity contribution is -0.124. The first-order chi connectivity index (χ1) is 9.43. The Hall–Kier alpha value is -1.60. The van der Waals surface area contributed by atoms with Crippen LogP contribution < -0.4 is 10.1 Å². The number of carboxylic acids is 1. The third-order valence-electron chi connectivity index (χ3n) is 2.36. The summed E-state index contributed by atoms with van der Waals surface area (Å²) in [5, 5.41) is 11.7. The van der Waals surface area contributed by atoms with Crippen molar-refractivity contribution in [1.82, 2.24) is 5.32 Å². The minimum absolute atomic E-state index is 0.0793. The second kappa shape index (κ2) is 7.86. The highest BCUT2D eigenvalue weighted by Crippen LogP contribution is 2.22. The molecule has 0 aromatic heterocycles. The van der Waals surface area contributed by atoms with Gasteiger partial charge >= 0.3 is 5.97 Å². The predicted octanol–water partition coefficient (Wildman–Crippen LogP) is 1.68. The summed E-state index contributed by atoms with van der Waals surface area (Å²) in [5.41, 5.74) is 0.0793. The summed E-state index contributed by atoms with van der Waals surface area (Å²) in [6.45, 7) is 2.03. The number of benzene rings is 1. The molecule has 1 rings (SSSR count). The molecule has 1 aromatic rings. The minimum Gasteiger partial charge on any atom is -0.484 e. The van der Waals surface area contributed by atoms with Gasteiger partial charge in [0.15, 0.2) is 6.61 Å². The average Bonchev–Trinajstić information content (AvgIpc) is 2.37. The second-order valence-corrected chi connectivity index (χ2v) is 5.01. The predicted molar refractivity (Wildman–Crippen MR) is 76.1 cm³/mol. The van der Waals surface area contributed by atoms with Crippen molar-refractivity contribution in [3.63, 3.8) is 0 Å². The normalized spacial score (nSPS) is 11.8. The number of amides is 1. The SMILES string of the molecule is COCC(C)NC(=O)COc1ccc(Br)c(C(=O)O)c1. The van der Waals surface area contributed by atoms with Gasteiger partial charge in [-0.1, -0.05) is 0 Å². The van der Waals surface area contributed by atoms with Gasteiger partial charge in [0.1, 0.15) is 5.75 Å². The van der Waals surface area contributed by atoms with Crippen LogP contribution >= 0.6 is 15.9 Å². The Bertz CT molecular complexity index is 492. The molecule has 1 amide bonds. The highest BCUT2D eigenvalue weighted by molar-refractivity contribution is 9.10. The first kappa shape index (κ1) is 16.5. The van der Waals surface area contributed by atoms with Crippen LogP contribution in [0.15, 0.2) is 22.7 Å². The van der Waals surface area contributed by atoms with E-state index in [2.05, 4.69) is 21.2 Å². The highest BCUT2D eigenvalue weighted by Gasteiger charge is 2.11. The summed E-state index contributed by atoms with van der Waals surface area (Å²) in [6.07, 6.45) is 0. The van der Waals surface area contributed by atoms with E-state index in [0.29, 0.717) is 16.8 Å². The Morgan fingerprint density at radius 3 is 2.75 bits per heavy atom. The number of carboxylic acid groups (broad SMARTS) is 1. The molecule has 0 spiro atoms. The Morgan fingerprint density at radius 1 is 1.45 bits per heavy atom. The molecule has 1 atom stereocenters. The number of carbonyl (C=O) groups excluding carboxylic acids is 1. The van der Waals surface area contributed by atoms with E-state index in [-0.39, 0.29) is 24.1 Å². The first-order valence-electron chi connectivity index (χ1n) is 5.88. The van der Waals surface area contributed by atoms with Crippen LogP contribution in [0.1, 0.15) is 17.3 Å². The van der Waals surface area contributed by atoms with Crippen LogP contribution in [0.5, 0.6) is 5.75 Å². The van der Waals surface area contributed by atoms with E-state index >= 15 is 0 Å². The maximum atomic E-state index is 11.6. The summed E-state index contributed by atoms with van der Waals surface area (Å²) in [7, 11) is 1.55. The molecule has 110 valence electrons. The first-order valence-corrected chi connectivity index (χ1v) is 6.67. The van der Waals surface area contributed by atoms with Gasteiger partial charge in [0, 0.05) is 17.6 Å². The summed E-state index contributed by atoms with van der Waals surface area (Å²) in [4.78, 5) is 22.5. The number of ether oxygens (including phenoxy) is 2. The molecular weight excluding hydrogens is 330 g/mol. The fourth-order valence-corrected chi connectivity index (χ4v) is 1.93. The average molecular weight is 346 g/mol. The maximum absolute atomic E-state index is 11.6. The highest BCUT2D eigenvalue weighted by atomic mass is 79.9. The van der Waals surface area contributed by atoms with E-state index in [9.17, 15) is 9.59 Å².